The number of hydrogen-bond acceptors (Lipinski definition) is 7. The molecule has 13 heteroatoms. The summed E-state index contributed by atoms with van der Waals surface area (Å²) in [6.07, 6.45) is -0.0244. The molecule has 5 atom stereocenters. The lowest BCUT2D eigenvalue weighted by atomic mass is 9.96. The monoisotopic (exact) mass is 746 g/mol. The summed E-state index contributed by atoms with van der Waals surface area (Å²) in [6.45, 7) is 12.2. The Balaban J connectivity index is 3.28. The van der Waals surface area contributed by atoms with Gasteiger partial charge in [-0.1, -0.05) is 96.3 Å². The summed E-state index contributed by atoms with van der Waals surface area (Å²) in [5.41, 5.74) is 0.0237. The van der Waals surface area contributed by atoms with E-state index in [0.29, 0.717) is 11.8 Å². The van der Waals surface area contributed by atoms with Gasteiger partial charge in [0, 0.05) is 23.1 Å². The number of benzene rings is 1. The molecule has 4 amide bonds. The fraction of sp³-hybridized carbons (Fsp3) is 0.645. The summed E-state index contributed by atoms with van der Waals surface area (Å²) in [6, 6.07) is 6.31. The van der Waals surface area contributed by atoms with Crippen molar-refractivity contribution in [3.63, 3.8) is 0 Å². The first-order valence-corrected chi connectivity index (χ1v) is 16.8. The van der Waals surface area contributed by atoms with Crippen LogP contribution in [-0.2, 0) is 35.1 Å². The van der Waals surface area contributed by atoms with Crippen LogP contribution in [0, 0.1) is 11.8 Å². The van der Waals surface area contributed by atoms with Crippen LogP contribution in [0.1, 0.15) is 60.5 Å². The third-order valence-electron chi connectivity index (χ3n) is 6.74. The van der Waals surface area contributed by atoms with Crippen molar-refractivity contribution in [2.45, 2.75) is 89.9 Å². The Morgan fingerprint density at radius 3 is 2.07 bits per heavy atom. The molecule has 11 nitrogen and oxygen atoms in total. The van der Waals surface area contributed by atoms with Crippen LogP contribution >= 0.6 is 31.9 Å². The van der Waals surface area contributed by atoms with E-state index in [4.69, 9.17) is 9.47 Å². The molecular weight excluding hydrogens is 700 g/mol. The van der Waals surface area contributed by atoms with E-state index in [1.54, 1.807) is 34.6 Å². The Kier molecular flexibility index (Phi) is 17.0. The van der Waals surface area contributed by atoms with Crippen LogP contribution in [-0.4, -0.2) is 88.8 Å². The molecule has 0 aliphatic heterocycles. The second kappa shape index (κ2) is 19.0. The third kappa shape index (κ3) is 14.0. The maximum absolute atomic E-state index is 14.0. The number of ether oxygens (including phenoxy) is 2. The molecule has 0 aliphatic carbocycles. The SMILES string of the molecule is CC[C@H](C)[C@H](NC(=O)CN(CC(Br)CBr)C(=O)[C@H](Cc1ccccc1)NC(=O)OC(C)(C)C)C(=O)N[C@H](C(=O)OC)C(C)C. The largest absolute Gasteiger partial charge is 0.467 e. The highest BCUT2D eigenvalue weighted by Crippen LogP contribution is 2.14. The normalized spacial score (nSPS) is 14.8. The van der Waals surface area contributed by atoms with Crippen LogP contribution in [0.2, 0.25) is 0 Å². The number of nitrogens with one attached hydrogen (secondary N) is 3. The van der Waals surface area contributed by atoms with Gasteiger partial charge in [-0.15, -0.1) is 0 Å². The molecule has 1 rings (SSSR count). The van der Waals surface area contributed by atoms with Crippen molar-refractivity contribution in [2.24, 2.45) is 11.8 Å². The number of rotatable bonds is 16. The van der Waals surface area contributed by atoms with Crippen LogP contribution in [0.4, 0.5) is 4.79 Å². The number of nitrogens with zero attached hydrogens (tertiary/aromatic N) is 1. The van der Waals surface area contributed by atoms with Gasteiger partial charge in [0.15, 0.2) is 0 Å². The minimum absolute atomic E-state index is 0.136. The van der Waals surface area contributed by atoms with Crippen molar-refractivity contribution >= 4 is 61.6 Å². The van der Waals surface area contributed by atoms with E-state index in [1.807, 2.05) is 44.2 Å². The second-order valence-electron chi connectivity index (χ2n) is 12.0. The summed E-state index contributed by atoms with van der Waals surface area (Å²) in [7, 11) is 1.25. The van der Waals surface area contributed by atoms with Gasteiger partial charge in [-0.25, -0.2) is 9.59 Å². The molecule has 1 aromatic rings. The number of hydrogen-bond donors (Lipinski definition) is 3. The van der Waals surface area contributed by atoms with E-state index in [1.165, 1.54) is 12.0 Å². The van der Waals surface area contributed by atoms with Gasteiger partial charge >= 0.3 is 12.1 Å². The zero-order valence-electron chi connectivity index (χ0n) is 26.9. The van der Waals surface area contributed by atoms with Gasteiger partial charge in [-0.05, 0) is 38.2 Å². The Labute approximate surface area is 278 Å². The molecule has 0 bridgehead atoms. The summed E-state index contributed by atoms with van der Waals surface area (Å²) in [5.74, 6) is -2.69. The molecule has 248 valence electrons. The molecule has 0 radical (unpaired) electrons. The highest BCUT2D eigenvalue weighted by atomic mass is 79.9. The van der Waals surface area contributed by atoms with E-state index in [0.717, 1.165) is 5.56 Å². The van der Waals surface area contributed by atoms with Gasteiger partial charge in [-0.3, -0.25) is 14.4 Å². The van der Waals surface area contributed by atoms with Gasteiger partial charge in [0.05, 0.1) is 13.7 Å². The van der Waals surface area contributed by atoms with E-state index in [-0.39, 0.29) is 36.2 Å². The van der Waals surface area contributed by atoms with Crippen molar-refractivity contribution < 1.29 is 33.4 Å². The number of carbonyl (C=O) groups excluding carboxylic acids is 5. The first-order chi connectivity index (χ1) is 20.5. The van der Waals surface area contributed by atoms with Crippen molar-refractivity contribution in [3.8, 4) is 0 Å². The third-order valence-corrected chi connectivity index (χ3v) is 9.00. The van der Waals surface area contributed by atoms with E-state index < -0.39 is 53.5 Å². The molecule has 1 unspecified atom stereocenters. The molecule has 0 spiro atoms. The topological polar surface area (TPSA) is 143 Å². The summed E-state index contributed by atoms with van der Waals surface area (Å²) in [5, 5.41) is 8.65. The fourth-order valence-electron chi connectivity index (χ4n) is 4.20. The number of esters is 1. The lowest BCUT2D eigenvalue weighted by molar-refractivity contribution is -0.147. The quantitative estimate of drug-likeness (QED) is 0.172. The van der Waals surface area contributed by atoms with E-state index in [9.17, 15) is 24.0 Å². The average molecular weight is 749 g/mol. The van der Waals surface area contributed by atoms with Gasteiger partial charge in [0.25, 0.3) is 0 Å². The molecule has 0 aromatic heterocycles. The van der Waals surface area contributed by atoms with Crippen LogP contribution < -0.4 is 16.0 Å². The van der Waals surface area contributed by atoms with Gasteiger partial charge < -0.3 is 30.3 Å². The van der Waals surface area contributed by atoms with Gasteiger partial charge in [-0.2, -0.15) is 0 Å². The van der Waals surface area contributed by atoms with Crippen molar-refractivity contribution in [1.82, 2.24) is 20.9 Å². The lowest BCUT2D eigenvalue weighted by Gasteiger charge is -2.31. The lowest BCUT2D eigenvalue weighted by Crippen LogP contribution is -2.58. The van der Waals surface area contributed by atoms with E-state index >= 15 is 0 Å². The molecule has 44 heavy (non-hydrogen) atoms. The van der Waals surface area contributed by atoms with Crippen LogP contribution in [0.5, 0.6) is 0 Å². The van der Waals surface area contributed by atoms with Crippen molar-refractivity contribution in [3.05, 3.63) is 35.9 Å². The molecule has 1 aromatic carbocycles. The summed E-state index contributed by atoms with van der Waals surface area (Å²) < 4.78 is 10.3. The molecule has 3 N–H and O–H groups in total. The first kappa shape index (κ1) is 39.4. The highest BCUT2D eigenvalue weighted by molar-refractivity contribution is 9.12. The summed E-state index contributed by atoms with van der Waals surface area (Å²) in [4.78, 5) is 66.9. The number of halogens is 2. The zero-order chi connectivity index (χ0) is 33.6. The van der Waals surface area contributed by atoms with Crippen LogP contribution in [0.15, 0.2) is 30.3 Å². The minimum Gasteiger partial charge on any atom is -0.467 e. The number of alkyl halides is 2. The standard InChI is InChI=1S/C31H48Br2N4O7/c1-9-20(4)26(27(39)36-25(19(2)3)29(41)43-8)35-24(38)18-37(17-22(33)16-32)28(40)23(15-21-13-11-10-12-14-21)34-30(42)44-31(5,6)7/h10-14,19-20,22-23,25-26H,9,15-18H2,1-8H3,(H,34,42)(H,35,38)(H,36,39)/t20-,22?,23-,25-,26-/m0/s1. The number of amides is 4. The van der Waals surface area contributed by atoms with Crippen molar-refractivity contribution in [2.75, 3.05) is 25.5 Å². The average Bonchev–Trinajstić information content (AvgIpc) is 2.95. The van der Waals surface area contributed by atoms with Crippen molar-refractivity contribution in [1.29, 1.82) is 0 Å². The predicted octanol–water partition coefficient (Wildman–Crippen LogP) is 3.95. The van der Waals surface area contributed by atoms with Gasteiger partial charge in [0.2, 0.25) is 17.7 Å². The number of alkyl carbamates (subject to hydrolysis) is 1. The molecule has 0 saturated heterocycles. The number of methoxy groups -OCH3 is 1. The highest BCUT2D eigenvalue weighted by Gasteiger charge is 2.34. The minimum atomic E-state index is -1.03. The van der Waals surface area contributed by atoms with Gasteiger partial charge in [0.1, 0.15) is 23.7 Å². The van der Waals surface area contributed by atoms with E-state index in [2.05, 4.69) is 47.8 Å². The maximum Gasteiger partial charge on any atom is 0.408 e. The molecule has 0 fully saturated rings. The Morgan fingerprint density at radius 2 is 1.57 bits per heavy atom. The maximum atomic E-state index is 14.0. The van der Waals surface area contributed by atoms with Crippen LogP contribution in [0.25, 0.3) is 0 Å². The second-order valence-corrected chi connectivity index (χ2v) is 14.0. The summed E-state index contributed by atoms with van der Waals surface area (Å²) >= 11 is 6.92. The smallest absolute Gasteiger partial charge is 0.408 e. The Morgan fingerprint density at radius 1 is 0.955 bits per heavy atom. The molecule has 0 aliphatic rings. The predicted molar refractivity (Wildman–Crippen MR) is 177 cm³/mol. The Hall–Kier alpha value is -2.67. The van der Waals surface area contributed by atoms with Crippen LogP contribution in [0.3, 0.4) is 0 Å². The fourth-order valence-corrected chi connectivity index (χ4v) is 4.76. The molecule has 0 heterocycles. The molecule has 0 saturated carbocycles. The Bertz CT molecular complexity index is 1100. The number of carbonyl (C=O) groups is 5. The zero-order valence-corrected chi connectivity index (χ0v) is 30.1. The first-order valence-electron chi connectivity index (χ1n) is 14.7. The molecular formula is C31H48Br2N4O7.